The Balaban J connectivity index is 2.47. The molecule has 0 saturated heterocycles. The molecule has 0 heterocycles. The molecule has 0 saturated carbocycles. The van der Waals surface area contributed by atoms with E-state index in [4.69, 9.17) is 10.00 Å². The van der Waals surface area contributed by atoms with Crippen molar-refractivity contribution in [2.75, 3.05) is 0 Å². The normalized spacial score (nSPS) is 10.0. The van der Waals surface area contributed by atoms with Gasteiger partial charge in [0, 0.05) is 6.07 Å². The number of hydrogen-bond acceptors (Lipinski definition) is 4. The molecule has 0 aromatic heterocycles. The molecule has 2 aromatic rings. The molecule has 0 unspecified atom stereocenters. The van der Waals surface area contributed by atoms with Crippen molar-refractivity contribution < 1.29 is 9.66 Å². The first kappa shape index (κ1) is 14.5. The number of rotatable bonds is 3. The summed E-state index contributed by atoms with van der Waals surface area (Å²) in [7, 11) is 0. The van der Waals surface area contributed by atoms with Gasteiger partial charge >= 0.3 is 5.69 Å². The van der Waals surface area contributed by atoms with E-state index in [0.29, 0.717) is 16.9 Å². The third-order valence-corrected chi connectivity index (χ3v) is 3.13. The quantitative estimate of drug-likeness (QED) is 0.625. The fraction of sp³-hybridized carbons (Fsp3) is 0.188. The molecule has 5 nitrogen and oxygen atoms in total. The lowest BCUT2D eigenvalue weighted by molar-refractivity contribution is -0.385. The molecule has 0 aliphatic heterocycles. The number of aryl methyl sites for hydroxylation is 3. The predicted molar refractivity (Wildman–Crippen MR) is 78.5 cm³/mol. The van der Waals surface area contributed by atoms with Gasteiger partial charge in [-0.15, -0.1) is 0 Å². The standard InChI is InChI=1S/C16H14N2O3/c1-10-6-12(3)16(15(7-10)18(19)20)21-14-5-4-13(9-17)11(2)8-14/h4-8H,1-3H3. The summed E-state index contributed by atoms with van der Waals surface area (Å²) in [5.41, 5.74) is 2.76. The highest BCUT2D eigenvalue weighted by molar-refractivity contribution is 5.55. The number of nitriles is 1. The van der Waals surface area contributed by atoms with Gasteiger partial charge in [-0.2, -0.15) is 5.26 Å². The minimum Gasteiger partial charge on any atom is -0.450 e. The Morgan fingerprint density at radius 3 is 2.43 bits per heavy atom. The van der Waals surface area contributed by atoms with Gasteiger partial charge in [-0.1, -0.05) is 6.07 Å². The average Bonchev–Trinajstić information content (AvgIpc) is 2.41. The Morgan fingerprint density at radius 1 is 1.14 bits per heavy atom. The van der Waals surface area contributed by atoms with Gasteiger partial charge in [0.25, 0.3) is 0 Å². The smallest absolute Gasteiger partial charge is 0.312 e. The molecule has 0 bridgehead atoms. The molecule has 0 amide bonds. The zero-order chi connectivity index (χ0) is 15.6. The molecule has 5 heteroatoms. The molecule has 0 aliphatic rings. The van der Waals surface area contributed by atoms with Crippen LogP contribution >= 0.6 is 0 Å². The maximum atomic E-state index is 11.2. The number of nitrogens with zero attached hydrogens (tertiary/aromatic N) is 2. The van der Waals surface area contributed by atoms with Crippen molar-refractivity contribution in [3.8, 4) is 17.6 Å². The van der Waals surface area contributed by atoms with E-state index in [1.807, 2.05) is 6.07 Å². The van der Waals surface area contributed by atoms with Crippen LogP contribution in [0.1, 0.15) is 22.3 Å². The summed E-state index contributed by atoms with van der Waals surface area (Å²) in [6.07, 6.45) is 0. The molecule has 2 aromatic carbocycles. The van der Waals surface area contributed by atoms with Gasteiger partial charge < -0.3 is 4.74 Å². The largest absolute Gasteiger partial charge is 0.450 e. The van der Waals surface area contributed by atoms with Gasteiger partial charge in [0.15, 0.2) is 0 Å². The minimum absolute atomic E-state index is 0.0606. The van der Waals surface area contributed by atoms with Crippen molar-refractivity contribution in [1.82, 2.24) is 0 Å². The van der Waals surface area contributed by atoms with Crippen LogP contribution in [0.25, 0.3) is 0 Å². The Bertz CT molecular complexity index is 761. The summed E-state index contributed by atoms with van der Waals surface area (Å²) in [6, 6.07) is 10.4. The number of hydrogen-bond donors (Lipinski definition) is 0. The summed E-state index contributed by atoms with van der Waals surface area (Å²) in [4.78, 5) is 10.7. The lowest BCUT2D eigenvalue weighted by Gasteiger charge is -2.11. The van der Waals surface area contributed by atoms with Crippen LogP contribution in [0.2, 0.25) is 0 Å². The maximum Gasteiger partial charge on any atom is 0.312 e. The molecule has 0 radical (unpaired) electrons. The van der Waals surface area contributed by atoms with Gasteiger partial charge in [-0.3, -0.25) is 10.1 Å². The van der Waals surface area contributed by atoms with E-state index in [2.05, 4.69) is 6.07 Å². The summed E-state index contributed by atoms with van der Waals surface area (Å²) >= 11 is 0. The molecule has 106 valence electrons. The molecule has 0 N–H and O–H groups in total. The average molecular weight is 282 g/mol. The predicted octanol–water partition coefficient (Wildman–Crippen LogP) is 4.18. The van der Waals surface area contributed by atoms with Gasteiger partial charge in [0.2, 0.25) is 5.75 Å². The van der Waals surface area contributed by atoms with Crippen molar-refractivity contribution in [3.63, 3.8) is 0 Å². The zero-order valence-electron chi connectivity index (χ0n) is 12.0. The molecule has 2 rings (SSSR count). The first-order valence-corrected chi connectivity index (χ1v) is 6.36. The van der Waals surface area contributed by atoms with Crippen LogP contribution in [-0.2, 0) is 0 Å². The fourth-order valence-electron chi connectivity index (χ4n) is 2.14. The van der Waals surface area contributed by atoms with E-state index in [1.54, 1.807) is 39.0 Å². The fourth-order valence-corrected chi connectivity index (χ4v) is 2.14. The maximum absolute atomic E-state index is 11.2. The number of nitro groups is 1. The SMILES string of the molecule is Cc1cc(C)c(Oc2ccc(C#N)c(C)c2)c([N+](=O)[O-])c1. The van der Waals surface area contributed by atoms with E-state index in [1.165, 1.54) is 6.07 Å². The number of benzene rings is 2. The second-order valence-corrected chi connectivity index (χ2v) is 4.88. The Labute approximate surface area is 122 Å². The third-order valence-electron chi connectivity index (χ3n) is 3.13. The van der Waals surface area contributed by atoms with Crippen LogP contribution in [0.5, 0.6) is 11.5 Å². The topological polar surface area (TPSA) is 76.2 Å². The second-order valence-electron chi connectivity index (χ2n) is 4.88. The first-order valence-electron chi connectivity index (χ1n) is 6.36. The first-order chi connectivity index (χ1) is 9.92. The van der Waals surface area contributed by atoms with Crippen molar-refractivity contribution in [2.45, 2.75) is 20.8 Å². The van der Waals surface area contributed by atoms with E-state index >= 15 is 0 Å². The molecular weight excluding hydrogens is 268 g/mol. The summed E-state index contributed by atoms with van der Waals surface area (Å²) in [5, 5.41) is 20.1. The summed E-state index contributed by atoms with van der Waals surface area (Å²) in [5.74, 6) is 0.705. The lowest BCUT2D eigenvalue weighted by atomic mass is 10.1. The van der Waals surface area contributed by atoms with Crippen LogP contribution in [-0.4, -0.2) is 4.92 Å². The van der Waals surface area contributed by atoms with Crippen LogP contribution < -0.4 is 4.74 Å². The highest BCUT2D eigenvalue weighted by Crippen LogP contribution is 2.36. The summed E-state index contributed by atoms with van der Waals surface area (Å²) in [6.45, 7) is 5.36. The van der Waals surface area contributed by atoms with Crippen LogP contribution in [0.3, 0.4) is 0 Å². The summed E-state index contributed by atoms with van der Waals surface area (Å²) < 4.78 is 5.69. The van der Waals surface area contributed by atoms with E-state index in [-0.39, 0.29) is 11.4 Å². The van der Waals surface area contributed by atoms with Gasteiger partial charge in [-0.25, -0.2) is 0 Å². The lowest BCUT2D eigenvalue weighted by Crippen LogP contribution is -1.97. The van der Waals surface area contributed by atoms with Gasteiger partial charge in [0.1, 0.15) is 5.75 Å². The van der Waals surface area contributed by atoms with E-state index < -0.39 is 4.92 Å². The van der Waals surface area contributed by atoms with Crippen LogP contribution in [0, 0.1) is 42.2 Å². The minimum atomic E-state index is -0.453. The second kappa shape index (κ2) is 5.63. The highest BCUT2D eigenvalue weighted by Gasteiger charge is 2.19. The monoisotopic (exact) mass is 282 g/mol. The Hall–Kier alpha value is -2.87. The molecule has 0 fully saturated rings. The molecule has 0 atom stereocenters. The van der Waals surface area contributed by atoms with Crippen LogP contribution in [0.15, 0.2) is 30.3 Å². The highest BCUT2D eigenvalue weighted by atomic mass is 16.6. The molecular formula is C16H14N2O3. The molecule has 0 spiro atoms. The Morgan fingerprint density at radius 2 is 1.86 bits per heavy atom. The van der Waals surface area contributed by atoms with Crippen molar-refractivity contribution in [2.24, 2.45) is 0 Å². The van der Waals surface area contributed by atoms with Crippen molar-refractivity contribution >= 4 is 5.69 Å². The van der Waals surface area contributed by atoms with Crippen molar-refractivity contribution in [1.29, 1.82) is 5.26 Å². The third kappa shape index (κ3) is 3.00. The van der Waals surface area contributed by atoms with Crippen molar-refractivity contribution in [3.05, 3.63) is 62.7 Å². The Kier molecular flexibility index (Phi) is 3.90. The van der Waals surface area contributed by atoms with Gasteiger partial charge in [-0.05, 0) is 55.7 Å². The number of nitro benzene ring substituents is 1. The zero-order valence-corrected chi connectivity index (χ0v) is 12.0. The van der Waals surface area contributed by atoms with E-state index in [9.17, 15) is 10.1 Å². The van der Waals surface area contributed by atoms with E-state index in [0.717, 1.165) is 11.1 Å². The molecule has 21 heavy (non-hydrogen) atoms. The van der Waals surface area contributed by atoms with Gasteiger partial charge in [0.05, 0.1) is 16.6 Å². The molecule has 0 aliphatic carbocycles. The number of ether oxygens (including phenoxy) is 1. The van der Waals surface area contributed by atoms with Crippen LogP contribution in [0.4, 0.5) is 5.69 Å².